The van der Waals surface area contributed by atoms with Gasteiger partial charge in [0.15, 0.2) is 5.65 Å². The zero-order valence-electron chi connectivity index (χ0n) is 11.2. The Morgan fingerprint density at radius 1 is 1.00 bits per heavy atom. The smallest absolute Gasteiger partial charge is 0.237 e. The van der Waals surface area contributed by atoms with Crippen molar-refractivity contribution in [3.63, 3.8) is 0 Å². The van der Waals surface area contributed by atoms with Crippen molar-refractivity contribution in [3.05, 3.63) is 59.9 Å². The Morgan fingerprint density at radius 2 is 1.70 bits per heavy atom. The highest BCUT2D eigenvalue weighted by Crippen LogP contribution is 2.22. The number of benzene rings is 1. The van der Waals surface area contributed by atoms with Crippen LogP contribution in [0.4, 0.5) is 0 Å². The topological polar surface area (TPSA) is 52.0 Å². The number of rotatable bonds is 2. The average molecular weight is 286 g/mol. The van der Waals surface area contributed by atoms with Crippen molar-refractivity contribution in [2.45, 2.75) is 18.7 Å². The quantitative estimate of drug-likeness (QED) is 0.728. The summed E-state index contributed by atoms with van der Waals surface area (Å²) in [7, 11) is -3.60. The number of fused-ring (bicyclic) bond motifs is 1. The first-order valence-electron chi connectivity index (χ1n) is 6.25. The second-order valence-electron chi connectivity index (χ2n) is 4.79. The van der Waals surface area contributed by atoms with Gasteiger partial charge >= 0.3 is 0 Å². The summed E-state index contributed by atoms with van der Waals surface area (Å²) in [5, 5.41) is 0.850. The van der Waals surface area contributed by atoms with Crippen LogP contribution in [0, 0.1) is 13.8 Å². The summed E-state index contributed by atoms with van der Waals surface area (Å²) >= 11 is 0. The molecule has 0 spiro atoms. The summed E-state index contributed by atoms with van der Waals surface area (Å²) in [6.45, 7) is 3.86. The number of pyridine rings is 1. The summed E-state index contributed by atoms with van der Waals surface area (Å²) in [5.74, 6) is 0. The number of hydrogen-bond donors (Lipinski definition) is 0. The molecule has 2 aromatic heterocycles. The molecule has 0 aliphatic rings. The van der Waals surface area contributed by atoms with Crippen LogP contribution in [0.3, 0.4) is 0 Å². The third-order valence-corrected chi connectivity index (χ3v) is 5.03. The van der Waals surface area contributed by atoms with E-state index in [1.807, 2.05) is 19.9 Å². The van der Waals surface area contributed by atoms with E-state index in [2.05, 4.69) is 4.98 Å². The van der Waals surface area contributed by atoms with Gasteiger partial charge in [-0.3, -0.25) is 0 Å². The summed E-state index contributed by atoms with van der Waals surface area (Å²) in [5.41, 5.74) is 2.49. The van der Waals surface area contributed by atoms with Crippen LogP contribution in [0.15, 0.2) is 53.7 Å². The molecule has 3 aromatic rings. The standard InChI is InChI=1S/C15H14N2O2S/c1-11-3-5-13(6-4-11)20(18,19)17-10-8-14-12(2)7-9-16-15(14)17/h3-10H,1-2H3. The fraction of sp³-hybridized carbons (Fsp3) is 0.133. The fourth-order valence-electron chi connectivity index (χ4n) is 2.17. The molecule has 0 saturated carbocycles. The third kappa shape index (κ3) is 1.91. The van der Waals surface area contributed by atoms with Gasteiger partial charge in [0, 0.05) is 17.8 Å². The van der Waals surface area contributed by atoms with Gasteiger partial charge in [0.25, 0.3) is 10.0 Å². The average Bonchev–Trinajstić information content (AvgIpc) is 2.85. The lowest BCUT2D eigenvalue weighted by molar-refractivity contribution is 0.588. The monoisotopic (exact) mass is 286 g/mol. The molecule has 0 aliphatic heterocycles. The number of hydrogen-bond acceptors (Lipinski definition) is 3. The lowest BCUT2D eigenvalue weighted by atomic mass is 10.2. The number of aromatic nitrogens is 2. The van der Waals surface area contributed by atoms with Crippen molar-refractivity contribution < 1.29 is 8.42 Å². The highest BCUT2D eigenvalue weighted by atomic mass is 32.2. The van der Waals surface area contributed by atoms with Gasteiger partial charge in [-0.05, 0) is 43.7 Å². The Bertz CT molecular complexity index is 878. The van der Waals surface area contributed by atoms with Crippen LogP contribution in [-0.4, -0.2) is 17.4 Å². The molecule has 0 unspecified atom stereocenters. The van der Waals surface area contributed by atoms with E-state index in [-0.39, 0.29) is 4.90 Å². The molecule has 5 heteroatoms. The molecule has 0 radical (unpaired) electrons. The van der Waals surface area contributed by atoms with E-state index in [1.165, 1.54) is 3.97 Å². The molecule has 0 aliphatic carbocycles. The minimum Gasteiger partial charge on any atom is -0.237 e. The first-order valence-corrected chi connectivity index (χ1v) is 7.69. The molecule has 0 amide bonds. The van der Waals surface area contributed by atoms with Gasteiger partial charge in [-0.15, -0.1) is 0 Å². The number of nitrogens with zero attached hydrogens (tertiary/aromatic N) is 2. The molecule has 0 N–H and O–H groups in total. The highest BCUT2D eigenvalue weighted by Gasteiger charge is 2.19. The molecule has 0 saturated heterocycles. The van der Waals surface area contributed by atoms with Crippen LogP contribution in [0.25, 0.3) is 11.0 Å². The molecule has 4 nitrogen and oxygen atoms in total. The summed E-state index contributed by atoms with van der Waals surface area (Å²) in [4.78, 5) is 4.46. The van der Waals surface area contributed by atoms with Crippen LogP contribution in [0.1, 0.15) is 11.1 Å². The third-order valence-electron chi connectivity index (χ3n) is 3.35. The van der Waals surface area contributed by atoms with Gasteiger partial charge in [0.05, 0.1) is 4.90 Å². The Hall–Kier alpha value is -2.14. The van der Waals surface area contributed by atoms with E-state index in [1.54, 1.807) is 42.7 Å². The van der Waals surface area contributed by atoms with Crippen LogP contribution in [0.5, 0.6) is 0 Å². The van der Waals surface area contributed by atoms with E-state index in [9.17, 15) is 8.42 Å². The van der Waals surface area contributed by atoms with Gasteiger partial charge in [0.2, 0.25) is 0 Å². The van der Waals surface area contributed by atoms with Crippen molar-refractivity contribution in [3.8, 4) is 0 Å². The lowest BCUT2D eigenvalue weighted by Crippen LogP contribution is -2.12. The molecule has 0 bridgehead atoms. The Labute approximate surface area is 117 Å². The van der Waals surface area contributed by atoms with Gasteiger partial charge in [-0.25, -0.2) is 17.4 Å². The molecular formula is C15H14N2O2S. The van der Waals surface area contributed by atoms with Crippen LogP contribution >= 0.6 is 0 Å². The van der Waals surface area contributed by atoms with Crippen molar-refractivity contribution >= 4 is 21.1 Å². The van der Waals surface area contributed by atoms with Crippen LogP contribution in [-0.2, 0) is 10.0 Å². The van der Waals surface area contributed by atoms with Gasteiger partial charge < -0.3 is 0 Å². The van der Waals surface area contributed by atoms with Crippen LogP contribution < -0.4 is 0 Å². The Morgan fingerprint density at radius 3 is 2.40 bits per heavy atom. The normalized spacial score (nSPS) is 11.9. The van der Waals surface area contributed by atoms with Crippen LogP contribution in [0.2, 0.25) is 0 Å². The lowest BCUT2D eigenvalue weighted by Gasteiger charge is -2.07. The molecule has 3 rings (SSSR count). The van der Waals surface area contributed by atoms with Crippen molar-refractivity contribution in [2.24, 2.45) is 0 Å². The molecule has 2 heterocycles. The fourth-order valence-corrected chi connectivity index (χ4v) is 3.47. The van der Waals surface area contributed by atoms with E-state index in [4.69, 9.17) is 0 Å². The Balaban J connectivity index is 2.24. The minimum absolute atomic E-state index is 0.268. The first kappa shape index (κ1) is 12.9. The maximum atomic E-state index is 12.7. The second kappa shape index (κ2) is 4.45. The minimum atomic E-state index is -3.60. The molecule has 20 heavy (non-hydrogen) atoms. The summed E-state index contributed by atoms with van der Waals surface area (Å²) in [6, 6.07) is 10.5. The van der Waals surface area contributed by atoms with Gasteiger partial charge in [-0.1, -0.05) is 17.7 Å². The molecule has 1 aromatic carbocycles. The molecular weight excluding hydrogens is 272 g/mol. The van der Waals surface area contributed by atoms with Crippen molar-refractivity contribution in [2.75, 3.05) is 0 Å². The van der Waals surface area contributed by atoms with E-state index in [0.29, 0.717) is 5.65 Å². The maximum absolute atomic E-state index is 12.7. The Kier molecular flexibility index (Phi) is 2.87. The van der Waals surface area contributed by atoms with E-state index < -0.39 is 10.0 Å². The summed E-state index contributed by atoms with van der Waals surface area (Å²) < 4.78 is 26.5. The van der Waals surface area contributed by atoms with Gasteiger partial charge in [0.1, 0.15) is 0 Å². The second-order valence-corrected chi connectivity index (χ2v) is 6.61. The van der Waals surface area contributed by atoms with Crippen molar-refractivity contribution in [1.29, 1.82) is 0 Å². The van der Waals surface area contributed by atoms with Crippen molar-refractivity contribution in [1.82, 2.24) is 8.96 Å². The van der Waals surface area contributed by atoms with E-state index in [0.717, 1.165) is 16.5 Å². The molecule has 0 fully saturated rings. The predicted molar refractivity (Wildman–Crippen MR) is 78.2 cm³/mol. The highest BCUT2D eigenvalue weighted by molar-refractivity contribution is 7.90. The predicted octanol–water partition coefficient (Wildman–Crippen LogP) is 2.89. The van der Waals surface area contributed by atoms with Gasteiger partial charge in [-0.2, -0.15) is 0 Å². The first-order chi connectivity index (χ1) is 9.50. The maximum Gasteiger partial charge on any atom is 0.269 e. The molecule has 0 atom stereocenters. The molecule has 102 valence electrons. The zero-order chi connectivity index (χ0) is 14.3. The summed E-state index contributed by atoms with van der Waals surface area (Å²) in [6.07, 6.45) is 3.18. The largest absolute Gasteiger partial charge is 0.269 e. The van der Waals surface area contributed by atoms with E-state index >= 15 is 0 Å². The number of aryl methyl sites for hydroxylation is 2. The zero-order valence-corrected chi connectivity index (χ0v) is 12.1. The SMILES string of the molecule is Cc1ccc(S(=O)(=O)n2ccc3c(C)ccnc32)cc1.